The van der Waals surface area contributed by atoms with Crippen LogP contribution in [0, 0.1) is 0 Å². The molecule has 24 heavy (non-hydrogen) atoms. The van der Waals surface area contributed by atoms with Gasteiger partial charge in [0.25, 0.3) is 0 Å². The highest BCUT2D eigenvalue weighted by atomic mass is 35.5. The second-order valence-corrected chi connectivity index (χ2v) is 7.45. The van der Waals surface area contributed by atoms with Gasteiger partial charge in [-0.3, -0.25) is 0 Å². The standard InChI is InChI=1S/C19H24ClN3S/c20-15-8-9-19-17(14-15)23(13-5-12-22-11-4-3-10-21)16-6-1-2-7-18(16)24-19/h1-2,6-9,14,22H,3-5,10-13,21H2. The molecule has 0 spiro atoms. The lowest BCUT2D eigenvalue weighted by Gasteiger charge is -2.33. The van der Waals surface area contributed by atoms with Crippen molar-refractivity contribution in [1.82, 2.24) is 5.32 Å². The number of anilines is 2. The molecule has 0 radical (unpaired) electrons. The first-order valence-corrected chi connectivity index (χ1v) is 9.74. The summed E-state index contributed by atoms with van der Waals surface area (Å²) in [5, 5.41) is 4.30. The van der Waals surface area contributed by atoms with Crippen LogP contribution in [0.3, 0.4) is 0 Å². The average molecular weight is 362 g/mol. The number of nitrogens with two attached hydrogens (primary N) is 1. The normalized spacial score (nSPS) is 12.8. The van der Waals surface area contributed by atoms with Crippen molar-refractivity contribution in [2.75, 3.05) is 31.1 Å². The van der Waals surface area contributed by atoms with Crippen molar-refractivity contribution >= 4 is 34.7 Å². The summed E-state index contributed by atoms with van der Waals surface area (Å²) >= 11 is 8.06. The fourth-order valence-electron chi connectivity index (χ4n) is 2.92. The molecule has 0 bridgehead atoms. The second kappa shape index (κ2) is 8.77. The highest BCUT2D eigenvalue weighted by molar-refractivity contribution is 7.99. The van der Waals surface area contributed by atoms with Crippen molar-refractivity contribution in [3.05, 3.63) is 47.5 Å². The van der Waals surface area contributed by atoms with Gasteiger partial charge in [0.15, 0.2) is 0 Å². The molecule has 2 aromatic carbocycles. The van der Waals surface area contributed by atoms with Crippen LogP contribution >= 0.6 is 23.4 Å². The summed E-state index contributed by atoms with van der Waals surface area (Å²) in [6, 6.07) is 14.8. The van der Waals surface area contributed by atoms with Crippen LogP contribution in [0.1, 0.15) is 19.3 Å². The first kappa shape index (κ1) is 17.6. The van der Waals surface area contributed by atoms with Crippen LogP contribution in [0.4, 0.5) is 11.4 Å². The lowest BCUT2D eigenvalue weighted by Crippen LogP contribution is -2.26. The van der Waals surface area contributed by atoms with Crippen LogP contribution in [0.15, 0.2) is 52.3 Å². The Labute approximate surface area is 153 Å². The molecule has 0 amide bonds. The Bertz CT molecular complexity index is 677. The van der Waals surface area contributed by atoms with Gasteiger partial charge in [-0.15, -0.1) is 0 Å². The van der Waals surface area contributed by atoms with Gasteiger partial charge < -0.3 is 16.0 Å². The van der Waals surface area contributed by atoms with Crippen LogP contribution in [0.2, 0.25) is 5.02 Å². The highest BCUT2D eigenvalue weighted by Gasteiger charge is 2.22. The van der Waals surface area contributed by atoms with Crippen molar-refractivity contribution in [3.63, 3.8) is 0 Å². The zero-order valence-electron chi connectivity index (χ0n) is 13.8. The van der Waals surface area contributed by atoms with Crippen LogP contribution in [-0.4, -0.2) is 26.2 Å². The van der Waals surface area contributed by atoms with Crippen molar-refractivity contribution in [2.45, 2.75) is 29.1 Å². The first-order chi connectivity index (χ1) is 11.8. The maximum Gasteiger partial charge on any atom is 0.0567 e. The number of para-hydroxylation sites is 1. The van der Waals surface area contributed by atoms with Crippen LogP contribution in [0.25, 0.3) is 0 Å². The van der Waals surface area contributed by atoms with E-state index in [1.54, 1.807) is 0 Å². The van der Waals surface area contributed by atoms with Gasteiger partial charge in [-0.2, -0.15) is 0 Å². The molecule has 3 nitrogen and oxygen atoms in total. The third-order valence-electron chi connectivity index (χ3n) is 4.13. The molecular weight excluding hydrogens is 338 g/mol. The topological polar surface area (TPSA) is 41.3 Å². The number of hydrogen-bond acceptors (Lipinski definition) is 4. The predicted molar refractivity (Wildman–Crippen MR) is 105 cm³/mol. The van der Waals surface area contributed by atoms with E-state index in [4.69, 9.17) is 17.3 Å². The Kier molecular flexibility index (Phi) is 6.44. The van der Waals surface area contributed by atoms with Crippen LogP contribution in [0.5, 0.6) is 0 Å². The van der Waals surface area contributed by atoms with Gasteiger partial charge in [0.05, 0.1) is 11.4 Å². The number of rotatable bonds is 8. The molecule has 1 aliphatic heterocycles. The summed E-state index contributed by atoms with van der Waals surface area (Å²) in [5.41, 5.74) is 8.02. The van der Waals surface area contributed by atoms with E-state index in [1.807, 2.05) is 17.8 Å². The van der Waals surface area contributed by atoms with Crippen molar-refractivity contribution in [2.24, 2.45) is 5.73 Å². The highest BCUT2D eigenvalue weighted by Crippen LogP contribution is 2.48. The first-order valence-electron chi connectivity index (χ1n) is 8.54. The number of nitrogens with zero attached hydrogens (tertiary/aromatic N) is 1. The largest absolute Gasteiger partial charge is 0.340 e. The van der Waals surface area contributed by atoms with Gasteiger partial charge in [0.1, 0.15) is 0 Å². The van der Waals surface area contributed by atoms with E-state index in [0.717, 1.165) is 50.5 Å². The molecule has 2 aromatic rings. The Balaban J connectivity index is 1.67. The van der Waals surface area contributed by atoms with Gasteiger partial charge in [0.2, 0.25) is 0 Å². The van der Waals surface area contributed by atoms with E-state index >= 15 is 0 Å². The molecule has 1 aliphatic rings. The molecule has 0 fully saturated rings. The molecule has 0 saturated heterocycles. The fraction of sp³-hybridized carbons (Fsp3) is 0.368. The summed E-state index contributed by atoms with van der Waals surface area (Å²) in [5.74, 6) is 0. The van der Waals surface area contributed by atoms with Crippen LogP contribution in [-0.2, 0) is 0 Å². The third kappa shape index (κ3) is 4.25. The summed E-state index contributed by atoms with van der Waals surface area (Å²) in [6.45, 7) is 3.83. The Morgan fingerprint density at radius 2 is 1.75 bits per heavy atom. The maximum atomic E-state index is 6.24. The van der Waals surface area contributed by atoms with Crippen molar-refractivity contribution in [3.8, 4) is 0 Å². The van der Waals surface area contributed by atoms with E-state index in [2.05, 4.69) is 46.6 Å². The summed E-state index contributed by atoms with van der Waals surface area (Å²) in [7, 11) is 0. The number of unbranched alkanes of at least 4 members (excludes halogenated alkanes) is 1. The van der Waals surface area contributed by atoms with Gasteiger partial charge in [0, 0.05) is 21.4 Å². The Hall–Kier alpha value is -1.20. The fourth-order valence-corrected chi connectivity index (χ4v) is 4.17. The lowest BCUT2D eigenvalue weighted by atomic mass is 10.2. The smallest absolute Gasteiger partial charge is 0.0567 e. The zero-order chi connectivity index (χ0) is 16.8. The third-order valence-corrected chi connectivity index (χ3v) is 5.50. The Morgan fingerprint density at radius 3 is 2.62 bits per heavy atom. The average Bonchev–Trinajstić information content (AvgIpc) is 2.60. The molecule has 0 saturated carbocycles. The number of fused-ring (bicyclic) bond motifs is 2. The molecule has 0 atom stereocenters. The minimum atomic E-state index is 0.779. The molecule has 0 aromatic heterocycles. The molecule has 128 valence electrons. The number of benzene rings is 2. The summed E-state index contributed by atoms with van der Waals surface area (Å²) in [6.07, 6.45) is 3.33. The molecule has 1 heterocycles. The molecule has 0 aliphatic carbocycles. The van der Waals surface area contributed by atoms with Crippen LogP contribution < -0.4 is 16.0 Å². The summed E-state index contributed by atoms with van der Waals surface area (Å²) in [4.78, 5) is 4.98. The van der Waals surface area contributed by atoms with E-state index in [0.29, 0.717) is 0 Å². The number of halogens is 1. The number of hydrogen-bond donors (Lipinski definition) is 2. The number of nitrogens with one attached hydrogen (secondary N) is 1. The van der Waals surface area contributed by atoms with Gasteiger partial charge >= 0.3 is 0 Å². The van der Waals surface area contributed by atoms with Crippen molar-refractivity contribution < 1.29 is 0 Å². The molecule has 5 heteroatoms. The predicted octanol–water partition coefficient (Wildman–Crippen LogP) is 4.66. The zero-order valence-corrected chi connectivity index (χ0v) is 15.4. The van der Waals surface area contributed by atoms with E-state index in [-0.39, 0.29) is 0 Å². The molecule has 3 N–H and O–H groups in total. The van der Waals surface area contributed by atoms with E-state index in [1.165, 1.54) is 21.2 Å². The lowest BCUT2D eigenvalue weighted by molar-refractivity contribution is 0.608. The SMILES string of the molecule is NCCCCNCCCN1c2ccccc2Sc2ccc(Cl)cc21. The molecule has 3 rings (SSSR count). The van der Waals surface area contributed by atoms with Gasteiger partial charge in [-0.05, 0) is 69.2 Å². The second-order valence-electron chi connectivity index (χ2n) is 5.93. The monoisotopic (exact) mass is 361 g/mol. The minimum Gasteiger partial charge on any atom is -0.340 e. The van der Waals surface area contributed by atoms with Crippen molar-refractivity contribution in [1.29, 1.82) is 0 Å². The molecular formula is C19H24ClN3S. The Morgan fingerprint density at radius 1 is 0.958 bits per heavy atom. The molecule has 0 unspecified atom stereocenters. The van der Waals surface area contributed by atoms with Gasteiger partial charge in [-0.25, -0.2) is 0 Å². The quantitative estimate of drug-likeness (QED) is 0.671. The minimum absolute atomic E-state index is 0.779. The van der Waals surface area contributed by atoms with E-state index < -0.39 is 0 Å². The van der Waals surface area contributed by atoms with Gasteiger partial charge in [-0.1, -0.05) is 35.5 Å². The maximum absolute atomic E-state index is 6.24. The summed E-state index contributed by atoms with van der Waals surface area (Å²) < 4.78 is 0. The van der Waals surface area contributed by atoms with E-state index in [9.17, 15) is 0 Å².